The van der Waals surface area contributed by atoms with E-state index in [9.17, 15) is 0 Å². The van der Waals surface area contributed by atoms with Crippen LogP contribution in [0.1, 0.15) is 25.3 Å². The normalized spacial score (nSPS) is 15.1. The molecule has 0 amide bonds. The van der Waals surface area contributed by atoms with E-state index in [2.05, 4.69) is 35.2 Å². The van der Waals surface area contributed by atoms with Crippen LogP contribution in [0.3, 0.4) is 0 Å². The third-order valence-corrected chi connectivity index (χ3v) is 4.54. The largest absolute Gasteiger partial charge is 0.496 e. The number of para-hydroxylation sites is 1. The van der Waals surface area contributed by atoms with Crippen molar-refractivity contribution in [2.45, 2.75) is 26.3 Å². The molecule has 0 aromatic heterocycles. The highest BCUT2D eigenvalue weighted by molar-refractivity contribution is 14.0. The van der Waals surface area contributed by atoms with Crippen LogP contribution in [0, 0.1) is 0 Å². The Bertz CT molecular complexity index is 551. The molecule has 1 heterocycles. The molecule has 0 unspecified atom stereocenters. The first-order chi connectivity index (χ1) is 12.7. The summed E-state index contributed by atoms with van der Waals surface area (Å²) in [5.74, 6) is 1.87. The molecule has 2 rings (SSSR count). The third kappa shape index (κ3) is 8.66. The minimum Gasteiger partial charge on any atom is -0.496 e. The van der Waals surface area contributed by atoms with Crippen molar-refractivity contribution >= 4 is 29.9 Å². The molecule has 0 aliphatic carbocycles. The van der Waals surface area contributed by atoms with Crippen LogP contribution in [-0.2, 0) is 11.3 Å². The lowest BCUT2D eigenvalue weighted by Crippen LogP contribution is -2.38. The van der Waals surface area contributed by atoms with Gasteiger partial charge in [0.05, 0.1) is 20.3 Å². The molecular formula is C20H35IN4O2. The Morgan fingerprint density at radius 1 is 1.26 bits per heavy atom. The van der Waals surface area contributed by atoms with Gasteiger partial charge in [-0.15, -0.1) is 24.0 Å². The van der Waals surface area contributed by atoms with E-state index in [1.54, 1.807) is 7.11 Å². The van der Waals surface area contributed by atoms with E-state index in [1.165, 1.54) is 6.42 Å². The summed E-state index contributed by atoms with van der Waals surface area (Å²) in [6.45, 7) is 9.60. The maximum absolute atomic E-state index is 5.46. The van der Waals surface area contributed by atoms with Gasteiger partial charge in [-0.3, -0.25) is 9.89 Å². The predicted octanol–water partition coefficient (Wildman–Crippen LogP) is 2.82. The van der Waals surface area contributed by atoms with Crippen molar-refractivity contribution in [1.29, 1.82) is 0 Å². The molecule has 0 saturated carbocycles. The number of nitrogens with one attached hydrogen (secondary N) is 1. The van der Waals surface area contributed by atoms with Gasteiger partial charge in [0, 0.05) is 45.3 Å². The standard InChI is InChI=1S/C20H34N4O2.HI/c1-4-21-20(22-11-7-8-12-24-13-15-26-16-14-24)23(2)17-18-9-5-6-10-19(18)25-3;/h5-6,9-10H,4,7-8,11-17H2,1-3H3,(H,21,22);1H. The number of halogens is 1. The molecule has 1 fully saturated rings. The van der Waals surface area contributed by atoms with Crippen molar-refractivity contribution in [3.05, 3.63) is 29.8 Å². The maximum Gasteiger partial charge on any atom is 0.193 e. The highest BCUT2D eigenvalue weighted by atomic mass is 127. The van der Waals surface area contributed by atoms with Crippen LogP contribution in [0.5, 0.6) is 5.75 Å². The lowest BCUT2D eigenvalue weighted by atomic mass is 10.2. The van der Waals surface area contributed by atoms with Crippen molar-refractivity contribution in [1.82, 2.24) is 15.1 Å². The van der Waals surface area contributed by atoms with Crippen LogP contribution in [0.2, 0.25) is 0 Å². The Balaban J connectivity index is 0.00000364. The fourth-order valence-corrected chi connectivity index (χ4v) is 3.09. The molecule has 1 N–H and O–H groups in total. The van der Waals surface area contributed by atoms with Crippen molar-refractivity contribution in [2.75, 3.05) is 60.1 Å². The quantitative estimate of drug-likeness (QED) is 0.250. The first kappa shape index (κ1) is 24.0. The molecule has 7 heteroatoms. The minimum absolute atomic E-state index is 0. The van der Waals surface area contributed by atoms with Crippen LogP contribution in [-0.4, -0.2) is 75.9 Å². The second kappa shape index (κ2) is 14.0. The molecule has 1 saturated heterocycles. The molecule has 1 aromatic rings. The Morgan fingerprint density at radius 3 is 2.70 bits per heavy atom. The number of unbranched alkanes of at least 4 members (excludes halogenated alkanes) is 1. The zero-order chi connectivity index (χ0) is 18.6. The Morgan fingerprint density at radius 2 is 2.00 bits per heavy atom. The number of aliphatic imine (C=N–C) groups is 1. The van der Waals surface area contributed by atoms with Crippen molar-refractivity contribution in [3.63, 3.8) is 0 Å². The number of ether oxygens (including phenoxy) is 2. The van der Waals surface area contributed by atoms with Gasteiger partial charge in [0.25, 0.3) is 0 Å². The van der Waals surface area contributed by atoms with E-state index >= 15 is 0 Å². The van der Waals surface area contributed by atoms with Crippen molar-refractivity contribution in [3.8, 4) is 5.75 Å². The van der Waals surface area contributed by atoms with Gasteiger partial charge in [-0.1, -0.05) is 18.2 Å². The fourth-order valence-electron chi connectivity index (χ4n) is 3.09. The summed E-state index contributed by atoms with van der Waals surface area (Å²) in [5, 5.41) is 3.39. The molecule has 0 spiro atoms. The molecule has 0 radical (unpaired) electrons. The second-order valence-electron chi connectivity index (χ2n) is 6.56. The van der Waals surface area contributed by atoms with Crippen LogP contribution < -0.4 is 10.1 Å². The smallest absolute Gasteiger partial charge is 0.193 e. The molecule has 1 aromatic carbocycles. The number of methoxy groups -OCH3 is 1. The van der Waals surface area contributed by atoms with E-state index in [0.29, 0.717) is 0 Å². The number of rotatable bonds is 9. The first-order valence-electron chi connectivity index (χ1n) is 9.66. The van der Waals surface area contributed by atoms with Crippen LogP contribution in [0.25, 0.3) is 0 Å². The van der Waals surface area contributed by atoms with Gasteiger partial charge in [0.2, 0.25) is 0 Å². The lowest BCUT2D eigenvalue weighted by Gasteiger charge is -2.26. The zero-order valence-electron chi connectivity index (χ0n) is 16.9. The maximum atomic E-state index is 5.46. The van der Waals surface area contributed by atoms with Gasteiger partial charge in [0.1, 0.15) is 5.75 Å². The molecule has 0 atom stereocenters. The lowest BCUT2D eigenvalue weighted by molar-refractivity contribution is 0.0373. The zero-order valence-corrected chi connectivity index (χ0v) is 19.3. The van der Waals surface area contributed by atoms with Gasteiger partial charge < -0.3 is 19.7 Å². The molecule has 27 heavy (non-hydrogen) atoms. The average Bonchev–Trinajstić information content (AvgIpc) is 2.68. The van der Waals surface area contributed by atoms with Gasteiger partial charge in [-0.05, 0) is 32.4 Å². The number of hydrogen-bond acceptors (Lipinski definition) is 4. The summed E-state index contributed by atoms with van der Waals surface area (Å²) < 4.78 is 10.8. The van der Waals surface area contributed by atoms with Crippen LogP contribution in [0.4, 0.5) is 0 Å². The van der Waals surface area contributed by atoms with E-state index < -0.39 is 0 Å². The predicted molar refractivity (Wildman–Crippen MR) is 122 cm³/mol. The summed E-state index contributed by atoms with van der Waals surface area (Å²) in [7, 11) is 3.79. The second-order valence-corrected chi connectivity index (χ2v) is 6.56. The molecule has 6 nitrogen and oxygen atoms in total. The topological polar surface area (TPSA) is 49.3 Å². The SMILES string of the molecule is CCNC(=NCCCCN1CCOCC1)N(C)Cc1ccccc1OC.I. The number of guanidine groups is 1. The van der Waals surface area contributed by atoms with E-state index in [0.717, 1.165) is 76.2 Å². The summed E-state index contributed by atoms with van der Waals surface area (Å²) >= 11 is 0. The molecular weight excluding hydrogens is 455 g/mol. The number of morpholine rings is 1. The monoisotopic (exact) mass is 490 g/mol. The molecule has 154 valence electrons. The highest BCUT2D eigenvalue weighted by Crippen LogP contribution is 2.18. The average molecular weight is 490 g/mol. The number of hydrogen-bond donors (Lipinski definition) is 1. The van der Waals surface area contributed by atoms with Crippen LogP contribution >= 0.6 is 24.0 Å². The summed E-state index contributed by atoms with van der Waals surface area (Å²) in [6.07, 6.45) is 2.29. The van der Waals surface area contributed by atoms with Gasteiger partial charge in [-0.25, -0.2) is 0 Å². The van der Waals surface area contributed by atoms with Gasteiger partial charge in [-0.2, -0.15) is 0 Å². The highest BCUT2D eigenvalue weighted by Gasteiger charge is 2.11. The third-order valence-electron chi connectivity index (χ3n) is 4.54. The Hall–Kier alpha value is -1.06. The summed E-state index contributed by atoms with van der Waals surface area (Å²) in [5.41, 5.74) is 1.16. The number of benzene rings is 1. The molecule has 1 aliphatic heterocycles. The summed E-state index contributed by atoms with van der Waals surface area (Å²) in [4.78, 5) is 9.43. The Labute approximate surface area is 181 Å². The van der Waals surface area contributed by atoms with Gasteiger partial charge in [0.15, 0.2) is 5.96 Å². The van der Waals surface area contributed by atoms with E-state index in [4.69, 9.17) is 14.5 Å². The van der Waals surface area contributed by atoms with Gasteiger partial charge >= 0.3 is 0 Å². The minimum atomic E-state index is 0. The first-order valence-corrected chi connectivity index (χ1v) is 9.66. The molecule has 1 aliphatic rings. The molecule has 0 bridgehead atoms. The van der Waals surface area contributed by atoms with E-state index in [-0.39, 0.29) is 24.0 Å². The fraction of sp³-hybridized carbons (Fsp3) is 0.650. The van der Waals surface area contributed by atoms with Crippen LogP contribution in [0.15, 0.2) is 29.3 Å². The van der Waals surface area contributed by atoms with Crippen molar-refractivity contribution < 1.29 is 9.47 Å². The van der Waals surface area contributed by atoms with Crippen molar-refractivity contribution in [2.24, 2.45) is 4.99 Å². The Kier molecular flexibility index (Phi) is 12.4. The summed E-state index contributed by atoms with van der Waals surface area (Å²) in [6, 6.07) is 8.14. The van der Waals surface area contributed by atoms with E-state index in [1.807, 2.05) is 18.2 Å². The number of nitrogens with zero attached hydrogens (tertiary/aromatic N) is 3.